The maximum atomic E-state index is 12.8. The average molecular weight is 357 g/mol. The monoisotopic (exact) mass is 357 g/mol. The van der Waals surface area contributed by atoms with Gasteiger partial charge in [-0.2, -0.15) is 0 Å². The molecular formula is C23H23N3O. The van der Waals surface area contributed by atoms with Gasteiger partial charge in [0.05, 0.1) is 0 Å². The molecule has 0 aliphatic carbocycles. The number of carbonyl (C=O) groups excluding carboxylic acids is 1. The van der Waals surface area contributed by atoms with Crippen LogP contribution in [0.15, 0.2) is 60.8 Å². The van der Waals surface area contributed by atoms with Gasteiger partial charge in [0.25, 0.3) is 5.91 Å². The van der Waals surface area contributed by atoms with Gasteiger partial charge in [0.1, 0.15) is 5.82 Å². The van der Waals surface area contributed by atoms with Gasteiger partial charge in [0.2, 0.25) is 0 Å². The van der Waals surface area contributed by atoms with E-state index in [9.17, 15) is 4.79 Å². The Morgan fingerprint density at radius 1 is 1.04 bits per heavy atom. The second-order valence-electron chi connectivity index (χ2n) is 7.04. The second-order valence-corrected chi connectivity index (χ2v) is 7.04. The highest BCUT2D eigenvalue weighted by molar-refractivity contribution is 6.05. The molecule has 1 N–H and O–H groups in total. The maximum absolute atomic E-state index is 12.8. The van der Waals surface area contributed by atoms with E-state index in [0.717, 1.165) is 42.1 Å². The molecule has 0 bridgehead atoms. The number of hydrogen-bond donors (Lipinski definition) is 1. The zero-order valence-electron chi connectivity index (χ0n) is 15.7. The van der Waals surface area contributed by atoms with Crippen LogP contribution in [-0.2, 0) is 13.0 Å². The predicted octanol–water partition coefficient (Wildman–Crippen LogP) is 4.51. The number of aryl methyl sites for hydroxylation is 1. The Bertz CT molecular complexity index is 996. The summed E-state index contributed by atoms with van der Waals surface area (Å²) in [5.74, 6) is 0.739. The Kier molecular flexibility index (Phi) is 4.63. The fourth-order valence-electron chi connectivity index (χ4n) is 3.50. The summed E-state index contributed by atoms with van der Waals surface area (Å²) in [5, 5.41) is 3.03. The Morgan fingerprint density at radius 3 is 2.70 bits per heavy atom. The van der Waals surface area contributed by atoms with Crippen LogP contribution in [0.2, 0.25) is 0 Å². The number of rotatable bonds is 3. The lowest BCUT2D eigenvalue weighted by Crippen LogP contribution is -2.31. The van der Waals surface area contributed by atoms with Crippen molar-refractivity contribution in [3.63, 3.8) is 0 Å². The molecule has 1 aromatic heterocycles. The minimum absolute atomic E-state index is 0.107. The van der Waals surface area contributed by atoms with Gasteiger partial charge in [-0.1, -0.05) is 36.4 Å². The molecule has 1 aliphatic heterocycles. The van der Waals surface area contributed by atoms with Gasteiger partial charge < -0.3 is 10.2 Å². The zero-order chi connectivity index (χ0) is 18.8. The second kappa shape index (κ2) is 7.23. The first-order chi connectivity index (χ1) is 13.1. The first-order valence-electron chi connectivity index (χ1n) is 9.27. The third kappa shape index (κ3) is 3.56. The van der Waals surface area contributed by atoms with Crippen LogP contribution in [0.3, 0.4) is 0 Å². The first kappa shape index (κ1) is 17.3. The Balaban J connectivity index is 1.54. The average Bonchev–Trinajstić information content (AvgIpc) is 2.71. The van der Waals surface area contributed by atoms with Gasteiger partial charge in [-0.15, -0.1) is 0 Å². The Hall–Kier alpha value is -3.14. The van der Waals surface area contributed by atoms with E-state index in [4.69, 9.17) is 0 Å². The summed E-state index contributed by atoms with van der Waals surface area (Å²) in [6, 6.07) is 18.1. The lowest BCUT2D eigenvalue weighted by molar-refractivity contribution is 0.102. The van der Waals surface area contributed by atoms with Crippen LogP contribution < -0.4 is 10.2 Å². The summed E-state index contributed by atoms with van der Waals surface area (Å²) < 4.78 is 0. The number of benzene rings is 2. The number of pyridine rings is 1. The smallest absolute Gasteiger partial charge is 0.255 e. The van der Waals surface area contributed by atoms with E-state index in [1.54, 1.807) is 12.3 Å². The normalized spacial score (nSPS) is 13.2. The van der Waals surface area contributed by atoms with Crippen molar-refractivity contribution >= 4 is 17.4 Å². The highest BCUT2D eigenvalue weighted by Gasteiger charge is 2.18. The van der Waals surface area contributed by atoms with Crippen molar-refractivity contribution in [1.82, 2.24) is 4.98 Å². The third-order valence-corrected chi connectivity index (χ3v) is 5.32. The number of anilines is 2. The predicted molar refractivity (Wildman–Crippen MR) is 109 cm³/mol. The molecule has 0 atom stereocenters. The largest absolute Gasteiger partial charge is 0.352 e. The quantitative estimate of drug-likeness (QED) is 0.750. The van der Waals surface area contributed by atoms with Gasteiger partial charge in [0.15, 0.2) is 0 Å². The zero-order valence-corrected chi connectivity index (χ0v) is 15.7. The first-order valence-corrected chi connectivity index (χ1v) is 9.27. The molecule has 1 aliphatic rings. The summed E-state index contributed by atoms with van der Waals surface area (Å²) in [7, 11) is 0. The van der Waals surface area contributed by atoms with Crippen LogP contribution in [0.5, 0.6) is 0 Å². The number of fused-ring (bicyclic) bond motifs is 1. The number of nitrogens with zero attached hydrogens (tertiary/aromatic N) is 2. The van der Waals surface area contributed by atoms with Gasteiger partial charge in [0, 0.05) is 30.5 Å². The van der Waals surface area contributed by atoms with Crippen LogP contribution in [-0.4, -0.2) is 17.4 Å². The van der Waals surface area contributed by atoms with E-state index in [1.807, 2.05) is 38.1 Å². The molecule has 1 amide bonds. The standard InChI is InChI=1S/C23H23N3O/c1-16-6-5-9-21(17(16)2)25-23(27)19-10-12-24-22(14-19)26-13-11-18-7-3-4-8-20(18)15-26/h3-10,12,14H,11,13,15H2,1-2H3,(H,25,27). The third-order valence-electron chi connectivity index (χ3n) is 5.32. The van der Waals surface area contributed by atoms with Crippen LogP contribution >= 0.6 is 0 Å². The molecular weight excluding hydrogens is 334 g/mol. The summed E-state index contributed by atoms with van der Waals surface area (Å²) in [5.41, 5.74) is 6.46. The highest BCUT2D eigenvalue weighted by Crippen LogP contribution is 2.24. The summed E-state index contributed by atoms with van der Waals surface area (Å²) >= 11 is 0. The summed E-state index contributed by atoms with van der Waals surface area (Å²) in [4.78, 5) is 19.5. The molecule has 0 saturated carbocycles. The molecule has 3 aromatic rings. The van der Waals surface area contributed by atoms with E-state index >= 15 is 0 Å². The molecule has 27 heavy (non-hydrogen) atoms. The fraction of sp³-hybridized carbons (Fsp3) is 0.217. The van der Waals surface area contributed by atoms with Crippen LogP contribution in [0.4, 0.5) is 11.5 Å². The van der Waals surface area contributed by atoms with E-state index in [-0.39, 0.29) is 5.91 Å². The fourth-order valence-corrected chi connectivity index (χ4v) is 3.50. The van der Waals surface area contributed by atoms with Crippen LogP contribution in [0.25, 0.3) is 0 Å². The molecule has 0 unspecified atom stereocenters. The van der Waals surface area contributed by atoms with Crippen molar-refractivity contribution in [2.45, 2.75) is 26.8 Å². The molecule has 0 radical (unpaired) electrons. The van der Waals surface area contributed by atoms with Crippen molar-refractivity contribution in [1.29, 1.82) is 0 Å². The number of nitrogens with one attached hydrogen (secondary N) is 1. The van der Waals surface area contributed by atoms with Crippen molar-refractivity contribution < 1.29 is 4.79 Å². The van der Waals surface area contributed by atoms with Crippen molar-refractivity contribution in [3.05, 3.63) is 88.6 Å². The molecule has 136 valence electrons. The number of amides is 1. The van der Waals surface area contributed by atoms with Crippen molar-refractivity contribution in [3.8, 4) is 0 Å². The van der Waals surface area contributed by atoms with Crippen LogP contribution in [0.1, 0.15) is 32.6 Å². The molecule has 4 heteroatoms. The molecule has 2 heterocycles. The molecule has 0 spiro atoms. The molecule has 0 saturated heterocycles. The maximum Gasteiger partial charge on any atom is 0.255 e. The number of aromatic nitrogens is 1. The molecule has 4 rings (SSSR count). The van der Waals surface area contributed by atoms with E-state index in [0.29, 0.717) is 5.56 Å². The van der Waals surface area contributed by atoms with Crippen LogP contribution in [0, 0.1) is 13.8 Å². The number of carbonyl (C=O) groups is 1. The molecule has 0 fully saturated rings. The molecule has 2 aromatic carbocycles. The minimum atomic E-state index is -0.107. The van der Waals surface area contributed by atoms with Gasteiger partial charge in [-0.05, 0) is 60.7 Å². The van der Waals surface area contributed by atoms with Gasteiger partial charge >= 0.3 is 0 Å². The van der Waals surface area contributed by atoms with Crippen molar-refractivity contribution in [2.24, 2.45) is 0 Å². The van der Waals surface area contributed by atoms with E-state index in [1.165, 1.54) is 11.1 Å². The topological polar surface area (TPSA) is 45.2 Å². The number of hydrogen-bond acceptors (Lipinski definition) is 3. The van der Waals surface area contributed by atoms with E-state index in [2.05, 4.69) is 39.5 Å². The minimum Gasteiger partial charge on any atom is -0.352 e. The lowest BCUT2D eigenvalue weighted by Gasteiger charge is -2.29. The van der Waals surface area contributed by atoms with Gasteiger partial charge in [-0.3, -0.25) is 4.79 Å². The van der Waals surface area contributed by atoms with E-state index < -0.39 is 0 Å². The van der Waals surface area contributed by atoms with Crippen molar-refractivity contribution in [2.75, 3.05) is 16.8 Å². The Morgan fingerprint density at radius 2 is 1.85 bits per heavy atom. The summed E-state index contributed by atoms with van der Waals surface area (Å²) in [6.45, 7) is 5.80. The Labute approximate surface area is 159 Å². The molecule has 4 nitrogen and oxygen atoms in total. The van der Waals surface area contributed by atoms with Gasteiger partial charge in [-0.25, -0.2) is 4.98 Å². The summed E-state index contributed by atoms with van der Waals surface area (Å²) in [6.07, 6.45) is 2.71. The SMILES string of the molecule is Cc1cccc(NC(=O)c2ccnc(N3CCc4ccccc4C3)c2)c1C. The lowest BCUT2D eigenvalue weighted by atomic mass is 10.00. The highest BCUT2D eigenvalue weighted by atomic mass is 16.1.